The SMILES string of the molecule is CCOC(=O)C1C=C([N+](=O)[O-])C=C([N+](=O)[O-])C1=CCN(C)C. The number of carbonyl (C=O) groups is 1. The molecule has 1 rings (SSSR count). The predicted molar refractivity (Wildman–Crippen MR) is 76.9 cm³/mol. The van der Waals surface area contributed by atoms with Crippen LogP contribution >= 0.6 is 0 Å². The highest BCUT2D eigenvalue weighted by molar-refractivity contribution is 5.80. The summed E-state index contributed by atoms with van der Waals surface area (Å²) in [6, 6.07) is 0. The summed E-state index contributed by atoms with van der Waals surface area (Å²) in [6.45, 7) is 2.01. The lowest BCUT2D eigenvalue weighted by atomic mass is 9.90. The lowest BCUT2D eigenvalue weighted by Gasteiger charge is -2.17. The number of ether oxygens (including phenoxy) is 1. The molecule has 0 heterocycles. The molecule has 120 valence electrons. The quantitative estimate of drug-likeness (QED) is 0.408. The van der Waals surface area contributed by atoms with Crippen molar-refractivity contribution in [3.05, 3.63) is 55.4 Å². The second-order valence-corrected chi connectivity index (χ2v) is 4.79. The Kier molecular flexibility index (Phi) is 5.93. The maximum atomic E-state index is 12.0. The van der Waals surface area contributed by atoms with Crippen LogP contribution in [0.25, 0.3) is 0 Å². The van der Waals surface area contributed by atoms with Gasteiger partial charge in [0.15, 0.2) is 0 Å². The molecule has 9 nitrogen and oxygen atoms in total. The minimum Gasteiger partial charge on any atom is -0.465 e. The van der Waals surface area contributed by atoms with Crippen LogP contribution in [0.15, 0.2) is 35.2 Å². The van der Waals surface area contributed by atoms with Crippen molar-refractivity contribution >= 4 is 5.97 Å². The van der Waals surface area contributed by atoms with Gasteiger partial charge in [0, 0.05) is 18.2 Å². The molecular formula is C13H17N3O6. The lowest BCUT2D eigenvalue weighted by Crippen LogP contribution is -2.26. The molecule has 0 aromatic heterocycles. The zero-order valence-corrected chi connectivity index (χ0v) is 12.5. The van der Waals surface area contributed by atoms with Gasteiger partial charge >= 0.3 is 5.97 Å². The first-order valence-electron chi connectivity index (χ1n) is 6.52. The molecule has 0 bridgehead atoms. The number of esters is 1. The van der Waals surface area contributed by atoms with Gasteiger partial charge in [0.05, 0.1) is 22.5 Å². The normalized spacial score (nSPS) is 19.6. The van der Waals surface area contributed by atoms with Gasteiger partial charge in [0.25, 0.3) is 11.4 Å². The number of hydrogen-bond acceptors (Lipinski definition) is 7. The van der Waals surface area contributed by atoms with Crippen molar-refractivity contribution in [2.45, 2.75) is 6.92 Å². The highest BCUT2D eigenvalue weighted by Crippen LogP contribution is 2.30. The first kappa shape index (κ1) is 17.5. The Hall–Kier alpha value is -2.55. The number of allylic oxidation sites excluding steroid dienone is 2. The van der Waals surface area contributed by atoms with E-state index in [0.29, 0.717) is 6.54 Å². The van der Waals surface area contributed by atoms with Crippen molar-refractivity contribution in [1.82, 2.24) is 4.90 Å². The summed E-state index contributed by atoms with van der Waals surface area (Å²) in [4.78, 5) is 34.3. The smallest absolute Gasteiger partial charge is 0.317 e. The van der Waals surface area contributed by atoms with Gasteiger partial charge < -0.3 is 9.64 Å². The third-order valence-corrected chi connectivity index (χ3v) is 2.88. The summed E-state index contributed by atoms with van der Waals surface area (Å²) in [5, 5.41) is 22.1. The van der Waals surface area contributed by atoms with Crippen molar-refractivity contribution in [3.63, 3.8) is 0 Å². The molecule has 9 heteroatoms. The Labute approximate surface area is 126 Å². The van der Waals surface area contributed by atoms with Gasteiger partial charge in [-0.1, -0.05) is 6.08 Å². The van der Waals surface area contributed by atoms with Crippen LogP contribution < -0.4 is 0 Å². The molecule has 0 aromatic rings. The third kappa shape index (κ3) is 4.22. The Bertz CT molecular complexity index is 576. The third-order valence-electron chi connectivity index (χ3n) is 2.88. The summed E-state index contributed by atoms with van der Waals surface area (Å²) >= 11 is 0. The number of hydrogen-bond donors (Lipinski definition) is 0. The van der Waals surface area contributed by atoms with Crippen LogP contribution in [0.4, 0.5) is 0 Å². The number of carbonyl (C=O) groups excluding carboxylic acids is 1. The predicted octanol–water partition coefficient (Wildman–Crippen LogP) is 0.988. The molecule has 0 aliphatic heterocycles. The van der Waals surface area contributed by atoms with Crippen LogP contribution in [-0.2, 0) is 9.53 Å². The van der Waals surface area contributed by atoms with Crippen molar-refractivity contribution in [1.29, 1.82) is 0 Å². The van der Waals surface area contributed by atoms with Gasteiger partial charge in [-0.05, 0) is 21.0 Å². The average Bonchev–Trinajstić information content (AvgIpc) is 2.43. The van der Waals surface area contributed by atoms with Crippen LogP contribution in [0.1, 0.15) is 6.92 Å². The fraction of sp³-hybridized carbons (Fsp3) is 0.462. The first-order valence-corrected chi connectivity index (χ1v) is 6.52. The second kappa shape index (κ2) is 7.46. The molecule has 0 amide bonds. The largest absolute Gasteiger partial charge is 0.465 e. The summed E-state index contributed by atoms with van der Waals surface area (Å²) < 4.78 is 4.86. The zero-order chi connectivity index (χ0) is 16.9. The van der Waals surface area contributed by atoms with Crippen molar-refractivity contribution < 1.29 is 19.4 Å². The van der Waals surface area contributed by atoms with Crippen LogP contribution in [0.5, 0.6) is 0 Å². The molecule has 0 saturated carbocycles. The Morgan fingerprint density at radius 1 is 1.36 bits per heavy atom. The van der Waals surface area contributed by atoms with Gasteiger partial charge in [0.1, 0.15) is 5.92 Å². The maximum Gasteiger partial charge on any atom is 0.317 e. The number of rotatable bonds is 6. The van der Waals surface area contributed by atoms with Crippen molar-refractivity contribution in [3.8, 4) is 0 Å². The Morgan fingerprint density at radius 2 is 2.00 bits per heavy atom. The van der Waals surface area contributed by atoms with E-state index in [1.165, 1.54) is 6.08 Å². The standard InChI is InChI=1S/C13H17N3O6/c1-4-22-13(17)11-7-9(15(18)19)8-12(16(20)21)10(11)5-6-14(2)3/h5,7-8,11H,4,6H2,1-3H3. The van der Waals surface area contributed by atoms with E-state index in [4.69, 9.17) is 4.74 Å². The van der Waals surface area contributed by atoms with Gasteiger partial charge in [-0.2, -0.15) is 0 Å². The number of nitro groups is 2. The summed E-state index contributed by atoms with van der Waals surface area (Å²) in [6.07, 6.45) is 3.44. The highest BCUT2D eigenvalue weighted by Gasteiger charge is 2.37. The average molecular weight is 311 g/mol. The molecule has 0 spiro atoms. The topological polar surface area (TPSA) is 116 Å². The zero-order valence-electron chi connectivity index (χ0n) is 12.5. The second-order valence-electron chi connectivity index (χ2n) is 4.79. The lowest BCUT2D eigenvalue weighted by molar-refractivity contribution is -0.433. The van der Waals surface area contributed by atoms with E-state index in [-0.39, 0.29) is 12.2 Å². The minimum atomic E-state index is -1.16. The molecule has 0 saturated heterocycles. The van der Waals surface area contributed by atoms with Gasteiger partial charge in [-0.25, -0.2) is 0 Å². The van der Waals surface area contributed by atoms with E-state index in [9.17, 15) is 25.0 Å². The number of likely N-dealkylation sites (N-methyl/N-ethyl adjacent to an activating group) is 1. The monoisotopic (exact) mass is 311 g/mol. The molecule has 0 radical (unpaired) electrons. The summed E-state index contributed by atoms with van der Waals surface area (Å²) in [7, 11) is 3.51. The van der Waals surface area contributed by atoms with E-state index < -0.39 is 33.1 Å². The fourth-order valence-electron chi connectivity index (χ4n) is 1.90. The Morgan fingerprint density at radius 3 is 2.45 bits per heavy atom. The summed E-state index contributed by atoms with van der Waals surface area (Å²) in [5.41, 5.74) is -0.858. The molecule has 0 aromatic carbocycles. The van der Waals surface area contributed by atoms with E-state index in [2.05, 4.69) is 0 Å². The molecule has 0 fully saturated rings. The molecule has 1 aliphatic rings. The van der Waals surface area contributed by atoms with Crippen molar-refractivity contribution in [2.24, 2.45) is 5.92 Å². The van der Waals surface area contributed by atoms with Crippen LogP contribution in [0.3, 0.4) is 0 Å². The van der Waals surface area contributed by atoms with E-state index in [0.717, 1.165) is 12.2 Å². The molecule has 0 N–H and O–H groups in total. The molecule has 1 atom stereocenters. The molecular weight excluding hydrogens is 294 g/mol. The van der Waals surface area contributed by atoms with Gasteiger partial charge in [0.2, 0.25) is 0 Å². The van der Waals surface area contributed by atoms with Crippen molar-refractivity contribution in [2.75, 3.05) is 27.2 Å². The van der Waals surface area contributed by atoms with Crippen LogP contribution in [0, 0.1) is 26.1 Å². The molecule has 22 heavy (non-hydrogen) atoms. The molecule has 1 aliphatic carbocycles. The first-order chi connectivity index (χ1) is 10.3. The van der Waals surface area contributed by atoms with Crippen LogP contribution in [-0.4, -0.2) is 48.0 Å². The minimum absolute atomic E-state index is 0.0788. The maximum absolute atomic E-state index is 12.0. The fourth-order valence-corrected chi connectivity index (χ4v) is 1.90. The van der Waals surface area contributed by atoms with Gasteiger partial charge in [-0.15, -0.1) is 0 Å². The highest BCUT2D eigenvalue weighted by atomic mass is 16.6. The Balaban J connectivity index is 3.35. The number of nitrogens with zero attached hydrogens (tertiary/aromatic N) is 3. The van der Waals surface area contributed by atoms with E-state index >= 15 is 0 Å². The molecule has 1 unspecified atom stereocenters. The van der Waals surface area contributed by atoms with Crippen LogP contribution in [0.2, 0.25) is 0 Å². The van der Waals surface area contributed by atoms with E-state index in [1.807, 2.05) is 0 Å². The van der Waals surface area contributed by atoms with E-state index in [1.54, 1.807) is 25.9 Å². The summed E-state index contributed by atoms with van der Waals surface area (Å²) in [5.74, 6) is -1.91. The van der Waals surface area contributed by atoms with Gasteiger partial charge in [-0.3, -0.25) is 25.0 Å².